The van der Waals surface area contributed by atoms with Crippen LogP contribution < -0.4 is 5.56 Å². The Kier molecular flexibility index (Phi) is 5.07. The molecule has 0 saturated carbocycles. The molecule has 0 spiro atoms. The number of nitrogens with zero attached hydrogens (tertiary/aromatic N) is 4. The number of nitro benzene ring substituents is 1. The van der Waals surface area contributed by atoms with Crippen LogP contribution in [0.25, 0.3) is 5.69 Å². The number of aromatic nitrogens is 2. The Bertz CT molecular complexity index is 1050. The topological polar surface area (TPSA) is 121 Å². The van der Waals surface area contributed by atoms with Gasteiger partial charge in [0, 0.05) is 6.07 Å². The van der Waals surface area contributed by atoms with Crippen molar-refractivity contribution >= 4 is 23.0 Å². The zero-order valence-electron chi connectivity index (χ0n) is 12.7. The summed E-state index contributed by atoms with van der Waals surface area (Å²) in [7, 11) is 0. The van der Waals surface area contributed by atoms with Crippen LogP contribution in [0.4, 0.5) is 37.7 Å². The third-order valence-electron chi connectivity index (χ3n) is 3.21. The van der Waals surface area contributed by atoms with Crippen molar-refractivity contribution in [3.8, 4) is 5.69 Å². The molecule has 0 saturated heterocycles. The highest BCUT2D eigenvalue weighted by Crippen LogP contribution is 2.39. The lowest BCUT2D eigenvalue weighted by molar-refractivity contribution is -0.390. The predicted octanol–water partition coefficient (Wildman–Crippen LogP) is 3.74. The summed E-state index contributed by atoms with van der Waals surface area (Å²) >= 11 is 5.57. The van der Waals surface area contributed by atoms with Crippen molar-refractivity contribution in [2.75, 3.05) is 0 Å². The Morgan fingerprint density at radius 2 is 1.57 bits per heavy atom. The normalized spacial score (nSPS) is 12.1. The molecule has 1 heterocycles. The molecular formula is C12H3ClF6N4O5. The number of alkyl halides is 6. The van der Waals surface area contributed by atoms with Gasteiger partial charge in [-0.1, -0.05) is 11.6 Å². The lowest BCUT2D eigenvalue weighted by Crippen LogP contribution is -2.27. The van der Waals surface area contributed by atoms with Gasteiger partial charge in [-0.2, -0.15) is 26.3 Å². The van der Waals surface area contributed by atoms with Gasteiger partial charge in [-0.25, -0.2) is 4.98 Å². The fourth-order valence-electron chi connectivity index (χ4n) is 2.10. The minimum Gasteiger partial charge on any atom is -0.261 e. The molecule has 0 amide bonds. The first-order chi connectivity index (χ1) is 12.7. The number of hydrogen-bond acceptors (Lipinski definition) is 6. The van der Waals surface area contributed by atoms with Crippen molar-refractivity contribution in [3.05, 3.63) is 65.3 Å². The van der Waals surface area contributed by atoms with Crippen LogP contribution in [0.15, 0.2) is 23.3 Å². The van der Waals surface area contributed by atoms with E-state index in [1.165, 1.54) is 0 Å². The van der Waals surface area contributed by atoms with E-state index in [1.807, 2.05) is 0 Å². The maximum absolute atomic E-state index is 12.8. The molecule has 0 fully saturated rings. The largest absolute Gasteiger partial charge is 0.440 e. The van der Waals surface area contributed by atoms with E-state index in [0.717, 1.165) is 0 Å². The van der Waals surface area contributed by atoms with Crippen LogP contribution in [0.5, 0.6) is 0 Å². The lowest BCUT2D eigenvalue weighted by atomic mass is 10.1. The van der Waals surface area contributed by atoms with Crippen molar-refractivity contribution in [3.63, 3.8) is 0 Å². The summed E-state index contributed by atoms with van der Waals surface area (Å²) in [5.41, 5.74) is -10.4. The first-order valence-electron chi connectivity index (χ1n) is 6.55. The molecule has 0 atom stereocenters. The number of rotatable bonds is 3. The maximum atomic E-state index is 12.8. The van der Waals surface area contributed by atoms with Crippen LogP contribution in [0.3, 0.4) is 0 Å². The molecule has 9 nitrogen and oxygen atoms in total. The average molecular weight is 433 g/mol. The summed E-state index contributed by atoms with van der Waals surface area (Å²) in [4.78, 5) is 33.8. The zero-order valence-corrected chi connectivity index (χ0v) is 13.5. The van der Waals surface area contributed by atoms with Gasteiger partial charge in [0.1, 0.15) is 12.0 Å². The minimum absolute atomic E-state index is 0.0306. The van der Waals surface area contributed by atoms with E-state index in [4.69, 9.17) is 11.6 Å². The van der Waals surface area contributed by atoms with Crippen molar-refractivity contribution in [1.82, 2.24) is 9.55 Å². The van der Waals surface area contributed by atoms with Crippen molar-refractivity contribution < 1.29 is 36.2 Å². The first kappa shape index (κ1) is 21.1. The molecule has 0 unspecified atom stereocenters. The molecule has 0 aliphatic carbocycles. The minimum atomic E-state index is -5.42. The fourth-order valence-corrected chi connectivity index (χ4v) is 2.41. The fraction of sp³-hybridized carbons (Fsp3) is 0.167. The Morgan fingerprint density at radius 3 is 2.00 bits per heavy atom. The van der Waals surface area contributed by atoms with Crippen molar-refractivity contribution in [2.45, 2.75) is 12.4 Å². The van der Waals surface area contributed by atoms with E-state index in [-0.39, 0.29) is 23.0 Å². The van der Waals surface area contributed by atoms with Crippen LogP contribution in [0.1, 0.15) is 11.3 Å². The van der Waals surface area contributed by atoms with Gasteiger partial charge in [0.15, 0.2) is 0 Å². The molecule has 1 aromatic carbocycles. The van der Waals surface area contributed by atoms with Crippen LogP contribution in [0.2, 0.25) is 5.02 Å². The molecule has 1 aromatic heterocycles. The Labute approximate surface area is 153 Å². The monoisotopic (exact) mass is 432 g/mol. The van der Waals surface area contributed by atoms with Gasteiger partial charge < -0.3 is 0 Å². The number of hydrogen-bond donors (Lipinski definition) is 0. The van der Waals surface area contributed by atoms with Gasteiger partial charge in [-0.15, -0.1) is 0 Å². The summed E-state index contributed by atoms with van der Waals surface area (Å²) in [6.07, 6.45) is -10.5. The SMILES string of the molecule is O=c1c([N+](=O)[O-])c(C(F)(F)F)ncn1-c1c(Cl)cc(C(F)(F)F)cc1[N+](=O)[O-]. The Hall–Kier alpha value is -3.23. The Morgan fingerprint density at radius 1 is 1.00 bits per heavy atom. The highest BCUT2D eigenvalue weighted by Gasteiger charge is 2.44. The van der Waals surface area contributed by atoms with E-state index in [2.05, 4.69) is 4.98 Å². The second kappa shape index (κ2) is 6.74. The number of nitro groups is 2. The van der Waals surface area contributed by atoms with Crippen molar-refractivity contribution in [2.24, 2.45) is 0 Å². The first-order valence-corrected chi connectivity index (χ1v) is 6.92. The molecule has 2 rings (SSSR count). The summed E-state index contributed by atoms with van der Waals surface area (Å²) in [6, 6.07) is 0.136. The van der Waals surface area contributed by atoms with Gasteiger partial charge in [0.05, 0.1) is 20.4 Å². The predicted molar refractivity (Wildman–Crippen MR) is 78.2 cm³/mol. The van der Waals surface area contributed by atoms with Gasteiger partial charge in [-0.3, -0.25) is 29.6 Å². The van der Waals surface area contributed by atoms with Crippen molar-refractivity contribution in [1.29, 1.82) is 0 Å². The Balaban J connectivity index is 2.93. The van der Waals surface area contributed by atoms with E-state index >= 15 is 0 Å². The van der Waals surface area contributed by atoms with E-state index in [0.29, 0.717) is 0 Å². The summed E-state index contributed by atoms with van der Waals surface area (Å²) in [5.74, 6) is 0. The van der Waals surface area contributed by atoms with Gasteiger partial charge in [-0.05, 0) is 6.07 Å². The van der Waals surface area contributed by atoms with Crippen LogP contribution in [0, 0.1) is 20.2 Å². The molecule has 0 N–H and O–H groups in total. The average Bonchev–Trinajstić information content (AvgIpc) is 2.52. The lowest BCUT2D eigenvalue weighted by Gasteiger charge is -2.13. The highest BCUT2D eigenvalue weighted by atomic mass is 35.5. The van der Waals surface area contributed by atoms with Crippen LogP contribution in [-0.2, 0) is 12.4 Å². The number of benzene rings is 1. The molecule has 0 aliphatic heterocycles. The maximum Gasteiger partial charge on any atom is 0.440 e. The third kappa shape index (κ3) is 3.73. The highest BCUT2D eigenvalue weighted by molar-refractivity contribution is 6.33. The summed E-state index contributed by atoms with van der Waals surface area (Å²) < 4.78 is 76.8. The van der Waals surface area contributed by atoms with Gasteiger partial charge >= 0.3 is 23.6 Å². The summed E-state index contributed by atoms with van der Waals surface area (Å²) in [5, 5.41) is 20.9. The molecule has 0 aliphatic rings. The molecule has 2 aromatic rings. The quantitative estimate of drug-likeness (QED) is 0.414. The van der Waals surface area contributed by atoms with Crippen LogP contribution >= 0.6 is 11.6 Å². The summed E-state index contributed by atoms with van der Waals surface area (Å²) in [6.45, 7) is 0. The molecule has 16 heteroatoms. The van der Waals surface area contributed by atoms with E-state index in [9.17, 15) is 51.4 Å². The van der Waals surface area contributed by atoms with E-state index < -0.39 is 61.1 Å². The molecule has 28 heavy (non-hydrogen) atoms. The molecular weight excluding hydrogens is 430 g/mol. The molecule has 150 valence electrons. The smallest absolute Gasteiger partial charge is 0.261 e. The standard InChI is InChI=1S/C12H3ClF6N4O5/c13-5-1-4(11(14,15)16)2-6(22(25)26)7(5)21-3-20-9(12(17,18)19)8(10(21)24)23(27)28/h1-3H. The van der Waals surface area contributed by atoms with E-state index in [1.54, 1.807) is 0 Å². The second-order valence-electron chi connectivity index (χ2n) is 4.95. The van der Waals surface area contributed by atoms with Gasteiger partial charge in [0.25, 0.3) is 5.69 Å². The second-order valence-corrected chi connectivity index (χ2v) is 5.36. The van der Waals surface area contributed by atoms with Gasteiger partial charge in [0.2, 0.25) is 5.69 Å². The van der Waals surface area contributed by atoms with Crippen LogP contribution in [-0.4, -0.2) is 19.4 Å². The zero-order chi connectivity index (χ0) is 21.6. The molecule has 0 radical (unpaired) electrons. The number of halogens is 7. The molecule has 0 bridgehead atoms. The third-order valence-corrected chi connectivity index (χ3v) is 3.50.